The Kier molecular flexibility index (Phi) is 6.75. The Morgan fingerprint density at radius 1 is 0.294 bits per heavy atom. The van der Waals surface area contributed by atoms with Gasteiger partial charge in [0, 0.05) is 32.9 Å². The van der Waals surface area contributed by atoms with Crippen LogP contribution in [0.5, 0.6) is 0 Å². The fourth-order valence-electron chi connectivity index (χ4n) is 8.03. The predicted octanol–water partition coefficient (Wildman–Crippen LogP) is 13.2. The van der Waals surface area contributed by atoms with Crippen LogP contribution in [0.4, 0.5) is 0 Å². The number of para-hydroxylation sites is 3. The van der Waals surface area contributed by atoms with Gasteiger partial charge in [-0.1, -0.05) is 127 Å². The zero-order valence-corrected chi connectivity index (χ0v) is 28.3. The van der Waals surface area contributed by atoms with E-state index in [1.165, 1.54) is 88.2 Å². The minimum Gasteiger partial charge on any atom is -0.309 e. The largest absolute Gasteiger partial charge is 0.309 e. The summed E-state index contributed by atoms with van der Waals surface area (Å²) in [7, 11) is 0. The molecule has 0 bridgehead atoms. The standard InChI is InChI=1S/C49H34N2/c1-33-30-36(37-23-28-48-44(31-37)42-16-8-10-18-46(42)50(48)39-14-6-3-7-15-39)22-27-41(33)38-24-29-49-45(32-38)43-17-9-11-19-47(43)51(49)40-25-20-35(21-26-40)34-12-4-2-5-13-34/h2-32H,1H3. The number of rotatable bonds is 5. The summed E-state index contributed by atoms with van der Waals surface area (Å²) in [6.07, 6.45) is 0. The molecule has 0 fully saturated rings. The maximum atomic E-state index is 2.39. The SMILES string of the molecule is Cc1cc(-c2ccc3c(c2)c2ccccc2n3-c2ccccc2)ccc1-c1ccc2c(c1)c1ccccc1n2-c1ccc(-c2ccccc2)cc1. The Labute approximate surface area is 297 Å². The van der Waals surface area contributed by atoms with Crippen molar-refractivity contribution in [2.45, 2.75) is 6.92 Å². The van der Waals surface area contributed by atoms with Crippen LogP contribution < -0.4 is 0 Å². The molecule has 2 heterocycles. The second-order valence-corrected chi connectivity index (χ2v) is 13.4. The van der Waals surface area contributed by atoms with E-state index in [1.54, 1.807) is 0 Å². The van der Waals surface area contributed by atoms with Crippen LogP contribution in [0.2, 0.25) is 0 Å². The van der Waals surface area contributed by atoms with Gasteiger partial charge in [-0.3, -0.25) is 0 Å². The number of hydrogen-bond acceptors (Lipinski definition) is 0. The fraction of sp³-hybridized carbons (Fsp3) is 0.0204. The van der Waals surface area contributed by atoms with Crippen LogP contribution in [0.15, 0.2) is 188 Å². The number of fused-ring (bicyclic) bond motifs is 6. The van der Waals surface area contributed by atoms with Crippen LogP contribution >= 0.6 is 0 Å². The fourth-order valence-corrected chi connectivity index (χ4v) is 8.03. The molecule has 10 rings (SSSR count). The number of hydrogen-bond donors (Lipinski definition) is 0. The van der Waals surface area contributed by atoms with E-state index in [0.717, 1.165) is 5.69 Å². The Balaban J connectivity index is 1.04. The maximum Gasteiger partial charge on any atom is 0.0541 e. The van der Waals surface area contributed by atoms with Crippen LogP contribution in [0.3, 0.4) is 0 Å². The summed E-state index contributed by atoms with van der Waals surface area (Å²) < 4.78 is 4.76. The highest BCUT2D eigenvalue weighted by molar-refractivity contribution is 6.11. The Morgan fingerprint density at radius 2 is 0.725 bits per heavy atom. The van der Waals surface area contributed by atoms with Crippen LogP contribution in [-0.4, -0.2) is 9.13 Å². The second-order valence-electron chi connectivity index (χ2n) is 13.4. The second kappa shape index (κ2) is 11.8. The Bertz CT molecular complexity index is 2890. The zero-order valence-electron chi connectivity index (χ0n) is 28.3. The minimum absolute atomic E-state index is 1.16. The Morgan fingerprint density at radius 3 is 1.35 bits per heavy atom. The van der Waals surface area contributed by atoms with Crippen molar-refractivity contribution in [1.82, 2.24) is 9.13 Å². The average Bonchev–Trinajstić information content (AvgIpc) is 3.71. The van der Waals surface area contributed by atoms with Gasteiger partial charge < -0.3 is 9.13 Å². The van der Waals surface area contributed by atoms with E-state index >= 15 is 0 Å². The van der Waals surface area contributed by atoms with E-state index in [-0.39, 0.29) is 0 Å². The summed E-state index contributed by atoms with van der Waals surface area (Å²) in [6, 6.07) is 68.4. The van der Waals surface area contributed by atoms with Crippen molar-refractivity contribution in [2.75, 3.05) is 0 Å². The van der Waals surface area contributed by atoms with Gasteiger partial charge in [-0.05, 0) is 107 Å². The molecule has 0 unspecified atom stereocenters. The lowest BCUT2D eigenvalue weighted by atomic mass is 9.94. The molecule has 0 radical (unpaired) electrons. The molecule has 2 heteroatoms. The molecule has 2 aromatic heterocycles. The highest BCUT2D eigenvalue weighted by Gasteiger charge is 2.16. The van der Waals surface area contributed by atoms with E-state index in [9.17, 15) is 0 Å². The molecular weight excluding hydrogens is 617 g/mol. The molecule has 0 atom stereocenters. The van der Waals surface area contributed by atoms with Crippen molar-refractivity contribution in [3.63, 3.8) is 0 Å². The van der Waals surface area contributed by atoms with Gasteiger partial charge >= 0.3 is 0 Å². The lowest BCUT2D eigenvalue weighted by Crippen LogP contribution is -1.94. The highest BCUT2D eigenvalue weighted by Crippen LogP contribution is 2.38. The first kappa shape index (κ1) is 29.3. The normalized spacial score (nSPS) is 11.6. The van der Waals surface area contributed by atoms with Gasteiger partial charge in [0.05, 0.1) is 22.1 Å². The lowest BCUT2D eigenvalue weighted by Gasteiger charge is -2.12. The van der Waals surface area contributed by atoms with Gasteiger partial charge in [0.2, 0.25) is 0 Å². The molecule has 0 amide bonds. The van der Waals surface area contributed by atoms with Crippen molar-refractivity contribution in [3.8, 4) is 44.8 Å². The number of nitrogens with zero attached hydrogens (tertiary/aromatic N) is 2. The van der Waals surface area contributed by atoms with Gasteiger partial charge in [-0.15, -0.1) is 0 Å². The van der Waals surface area contributed by atoms with Crippen molar-refractivity contribution < 1.29 is 0 Å². The van der Waals surface area contributed by atoms with Crippen molar-refractivity contribution in [2.24, 2.45) is 0 Å². The average molecular weight is 651 g/mol. The molecule has 0 N–H and O–H groups in total. The maximum absolute atomic E-state index is 2.39. The zero-order chi connectivity index (χ0) is 33.9. The molecule has 0 aliphatic heterocycles. The van der Waals surface area contributed by atoms with Crippen LogP contribution in [0.25, 0.3) is 88.4 Å². The van der Waals surface area contributed by atoms with E-state index in [2.05, 4.69) is 204 Å². The van der Waals surface area contributed by atoms with Crippen LogP contribution in [0.1, 0.15) is 5.56 Å². The quantitative estimate of drug-likeness (QED) is 0.175. The number of aromatic nitrogens is 2. The minimum atomic E-state index is 1.16. The van der Waals surface area contributed by atoms with E-state index in [1.807, 2.05) is 0 Å². The van der Waals surface area contributed by atoms with Gasteiger partial charge in [0.25, 0.3) is 0 Å². The molecule has 51 heavy (non-hydrogen) atoms. The first-order valence-electron chi connectivity index (χ1n) is 17.6. The summed E-state index contributed by atoms with van der Waals surface area (Å²) in [5, 5.41) is 5.06. The smallest absolute Gasteiger partial charge is 0.0541 e. The molecule has 0 saturated heterocycles. The summed E-state index contributed by atoms with van der Waals surface area (Å²) in [5.74, 6) is 0. The highest BCUT2D eigenvalue weighted by atomic mass is 15.0. The van der Waals surface area contributed by atoms with Crippen molar-refractivity contribution >= 4 is 43.6 Å². The third kappa shape index (κ3) is 4.80. The molecule has 0 aliphatic rings. The van der Waals surface area contributed by atoms with Crippen LogP contribution in [0, 0.1) is 6.92 Å². The van der Waals surface area contributed by atoms with Gasteiger partial charge in [0.15, 0.2) is 0 Å². The summed E-state index contributed by atoms with van der Waals surface area (Å²) in [4.78, 5) is 0. The number of benzene rings is 8. The first-order valence-corrected chi connectivity index (χ1v) is 17.6. The van der Waals surface area contributed by atoms with Crippen molar-refractivity contribution in [1.29, 1.82) is 0 Å². The molecule has 10 aromatic rings. The summed E-state index contributed by atoms with van der Waals surface area (Å²) in [5.41, 5.74) is 15.9. The number of aryl methyl sites for hydroxylation is 1. The molecule has 0 aliphatic carbocycles. The molecule has 0 spiro atoms. The van der Waals surface area contributed by atoms with Gasteiger partial charge in [0.1, 0.15) is 0 Å². The molecule has 2 nitrogen and oxygen atoms in total. The monoisotopic (exact) mass is 650 g/mol. The molecular formula is C49H34N2. The molecule has 0 saturated carbocycles. The predicted molar refractivity (Wildman–Crippen MR) is 216 cm³/mol. The summed E-state index contributed by atoms with van der Waals surface area (Å²) in [6.45, 7) is 2.24. The molecule has 240 valence electrons. The molecule has 8 aromatic carbocycles. The lowest BCUT2D eigenvalue weighted by molar-refractivity contribution is 1.18. The van der Waals surface area contributed by atoms with E-state index in [4.69, 9.17) is 0 Å². The summed E-state index contributed by atoms with van der Waals surface area (Å²) >= 11 is 0. The third-order valence-corrected chi connectivity index (χ3v) is 10.5. The van der Waals surface area contributed by atoms with E-state index in [0.29, 0.717) is 0 Å². The van der Waals surface area contributed by atoms with Gasteiger partial charge in [-0.25, -0.2) is 0 Å². The first-order chi connectivity index (χ1) is 25.2. The van der Waals surface area contributed by atoms with Gasteiger partial charge in [-0.2, -0.15) is 0 Å². The topological polar surface area (TPSA) is 9.86 Å². The Hall–Kier alpha value is -6.64. The van der Waals surface area contributed by atoms with E-state index < -0.39 is 0 Å². The van der Waals surface area contributed by atoms with Crippen molar-refractivity contribution in [3.05, 3.63) is 194 Å². The third-order valence-electron chi connectivity index (χ3n) is 10.5. The van der Waals surface area contributed by atoms with Crippen LogP contribution in [-0.2, 0) is 0 Å².